The second-order valence-corrected chi connectivity index (χ2v) is 7.50. The molecule has 3 aromatic rings. The van der Waals surface area contributed by atoms with E-state index in [-0.39, 0.29) is 18.3 Å². The molecular weight excluding hydrogens is 326 g/mol. The fourth-order valence-electron chi connectivity index (χ4n) is 3.30. The molecule has 2 N–H and O–H groups in total. The quantitative estimate of drug-likeness (QED) is 0.756. The molecule has 2 atom stereocenters. The van der Waals surface area contributed by atoms with Gasteiger partial charge in [-0.3, -0.25) is 4.79 Å². The highest BCUT2D eigenvalue weighted by molar-refractivity contribution is 7.19. The molecule has 1 amide bonds. The second-order valence-electron chi connectivity index (χ2n) is 6.42. The number of nitrogens with zero attached hydrogens (tertiary/aromatic N) is 4. The van der Waals surface area contributed by atoms with Crippen molar-refractivity contribution in [1.82, 2.24) is 24.9 Å². The minimum absolute atomic E-state index is 0.105. The first-order valence-electron chi connectivity index (χ1n) is 8.17. The number of thiophene rings is 1. The van der Waals surface area contributed by atoms with Gasteiger partial charge in [-0.15, -0.1) is 16.4 Å². The number of aliphatic hydroxyl groups excluding tert-OH is 1. The van der Waals surface area contributed by atoms with Crippen molar-refractivity contribution in [3.05, 3.63) is 22.6 Å². The van der Waals surface area contributed by atoms with Gasteiger partial charge >= 0.3 is 0 Å². The largest absolute Gasteiger partial charge is 0.392 e. The van der Waals surface area contributed by atoms with Gasteiger partial charge in [0.15, 0.2) is 5.65 Å². The van der Waals surface area contributed by atoms with E-state index in [1.54, 1.807) is 29.1 Å². The number of hydrogen-bond donors (Lipinski definition) is 2. The van der Waals surface area contributed by atoms with Crippen molar-refractivity contribution < 1.29 is 9.90 Å². The van der Waals surface area contributed by atoms with Crippen LogP contribution in [0.3, 0.4) is 0 Å². The predicted octanol–water partition coefficient (Wildman–Crippen LogP) is 1.89. The summed E-state index contributed by atoms with van der Waals surface area (Å²) in [4.78, 5) is 23.5. The van der Waals surface area contributed by atoms with Crippen LogP contribution >= 0.6 is 11.3 Å². The number of fused-ring (bicyclic) bond motifs is 5. The van der Waals surface area contributed by atoms with E-state index in [2.05, 4.69) is 27.3 Å². The van der Waals surface area contributed by atoms with Crippen molar-refractivity contribution >= 4 is 33.1 Å². The minimum atomic E-state index is -0.607. The lowest BCUT2D eigenvalue weighted by Gasteiger charge is -2.18. The Labute approximate surface area is 142 Å². The minimum Gasteiger partial charge on any atom is -0.392 e. The third kappa shape index (κ3) is 2.46. The monoisotopic (exact) mass is 345 g/mol. The number of carbonyl (C=O) groups excluding carboxylic acids is 1. The van der Waals surface area contributed by atoms with Crippen molar-refractivity contribution in [2.75, 3.05) is 6.54 Å². The highest BCUT2D eigenvalue weighted by Crippen LogP contribution is 2.42. The Morgan fingerprint density at radius 1 is 1.58 bits per heavy atom. The molecule has 1 aliphatic rings. The number of hydrogen-bond acceptors (Lipinski definition) is 6. The van der Waals surface area contributed by atoms with Crippen LogP contribution in [0.1, 0.15) is 53.7 Å². The summed E-state index contributed by atoms with van der Waals surface area (Å²) in [6.07, 6.45) is 4.46. The molecule has 0 saturated carbocycles. The van der Waals surface area contributed by atoms with Crippen LogP contribution in [-0.4, -0.2) is 43.2 Å². The number of carbonyl (C=O) groups is 1. The number of aryl methyl sites for hydroxylation is 1. The summed E-state index contributed by atoms with van der Waals surface area (Å²) < 4.78 is 1.58. The number of nitrogens with one attached hydrogen (secondary N) is 1. The van der Waals surface area contributed by atoms with E-state index in [0.717, 1.165) is 23.1 Å². The van der Waals surface area contributed by atoms with Gasteiger partial charge in [0.25, 0.3) is 5.91 Å². The lowest BCUT2D eigenvalue weighted by atomic mass is 9.87. The Morgan fingerprint density at radius 3 is 3.21 bits per heavy atom. The first-order valence-corrected chi connectivity index (χ1v) is 8.99. The molecule has 0 fully saturated rings. The Kier molecular flexibility index (Phi) is 3.73. The molecule has 0 radical (unpaired) electrons. The predicted molar refractivity (Wildman–Crippen MR) is 91.5 cm³/mol. The van der Waals surface area contributed by atoms with E-state index < -0.39 is 6.10 Å². The van der Waals surface area contributed by atoms with Gasteiger partial charge in [-0.05, 0) is 37.7 Å². The molecule has 24 heavy (non-hydrogen) atoms. The van der Waals surface area contributed by atoms with Crippen LogP contribution < -0.4 is 5.32 Å². The van der Waals surface area contributed by atoms with Crippen molar-refractivity contribution in [2.24, 2.45) is 0 Å². The second kappa shape index (κ2) is 5.78. The lowest BCUT2D eigenvalue weighted by Crippen LogP contribution is -2.31. The van der Waals surface area contributed by atoms with Crippen LogP contribution in [0.4, 0.5) is 0 Å². The third-order valence-electron chi connectivity index (χ3n) is 4.44. The van der Waals surface area contributed by atoms with Gasteiger partial charge in [0.05, 0.1) is 11.5 Å². The van der Waals surface area contributed by atoms with Crippen molar-refractivity contribution in [2.45, 2.75) is 45.1 Å². The number of rotatable bonds is 3. The van der Waals surface area contributed by atoms with Gasteiger partial charge in [0.1, 0.15) is 11.2 Å². The average molecular weight is 345 g/mol. The smallest absolute Gasteiger partial charge is 0.291 e. The number of amides is 1. The topological polar surface area (TPSA) is 92.4 Å². The molecule has 8 heteroatoms. The lowest BCUT2D eigenvalue weighted by molar-refractivity contribution is 0.0914. The third-order valence-corrected chi connectivity index (χ3v) is 5.61. The van der Waals surface area contributed by atoms with Gasteiger partial charge in [-0.1, -0.05) is 6.92 Å². The summed E-state index contributed by atoms with van der Waals surface area (Å²) >= 11 is 1.72. The van der Waals surface area contributed by atoms with Crippen LogP contribution in [0, 0.1) is 0 Å². The fourth-order valence-corrected chi connectivity index (χ4v) is 4.60. The van der Waals surface area contributed by atoms with E-state index in [0.29, 0.717) is 11.6 Å². The first-order chi connectivity index (χ1) is 11.5. The summed E-state index contributed by atoms with van der Waals surface area (Å²) in [6, 6.07) is 0. The van der Waals surface area contributed by atoms with Gasteiger partial charge in [-0.25, -0.2) is 14.5 Å². The Hall–Kier alpha value is -2.06. The van der Waals surface area contributed by atoms with Crippen LogP contribution in [0.25, 0.3) is 15.9 Å². The summed E-state index contributed by atoms with van der Waals surface area (Å²) in [5, 5.41) is 17.2. The van der Waals surface area contributed by atoms with E-state index in [4.69, 9.17) is 0 Å². The van der Waals surface area contributed by atoms with Crippen LogP contribution in [0.15, 0.2) is 6.33 Å². The van der Waals surface area contributed by atoms with E-state index in [1.165, 1.54) is 16.9 Å². The maximum absolute atomic E-state index is 12.2. The molecule has 0 aromatic carbocycles. The zero-order valence-electron chi connectivity index (χ0n) is 13.6. The molecule has 0 bridgehead atoms. The molecule has 0 aliphatic heterocycles. The molecule has 0 saturated heterocycles. The van der Waals surface area contributed by atoms with Crippen molar-refractivity contribution in [3.63, 3.8) is 0 Å². The molecule has 0 spiro atoms. The van der Waals surface area contributed by atoms with Crippen LogP contribution in [0.5, 0.6) is 0 Å². The summed E-state index contributed by atoms with van der Waals surface area (Å²) in [7, 11) is 0. The molecular formula is C16H19N5O2S. The van der Waals surface area contributed by atoms with Crippen LogP contribution in [-0.2, 0) is 6.42 Å². The highest BCUT2D eigenvalue weighted by Gasteiger charge is 2.25. The maximum atomic E-state index is 12.2. The average Bonchev–Trinajstić information content (AvgIpc) is 3.13. The zero-order chi connectivity index (χ0) is 16.8. The normalized spacial score (nSPS) is 18.7. The van der Waals surface area contributed by atoms with E-state index in [1.807, 2.05) is 0 Å². The fraction of sp³-hybridized carbons (Fsp3) is 0.500. The molecule has 3 aromatic heterocycles. The zero-order valence-corrected chi connectivity index (χ0v) is 14.4. The van der Waals surface area contributed by atoms with Gasteiger partial charge in [-0.2, -0.15) is 0 Å². The maximum Gasteiger partial charge on any atom is 0.291 e. The Balaban J connectivity index is 1.83. The molecule has 126 valence electrons. The summed E-state index contributed by atoms with van der Waals surface area (Å²) in [5.41, 5.74) is 2.01. The SMILES string of the molecule is CC(O)CNC(=O)c1nc2c3c4c(sc3ncn2n1)CCCC4C. The molecule has 7 nitrogen and oxygen atoms in total. The Morgan fingerprint density at radius 2 is 2.42 bits per heavy atom. The molecule has 1 aliphatic carbocycles. The van der Waals surface area contributed by atoms with Gasteiger partial charge < -0.3 is 10.4 Å². The molecule has 3 heterocycles. The van der Waals surface area contributed by atoms with E-state index >= 15 is 0 Å². The number of aliphatic hydroxyl groups is 1. The molecule has 2 unspecified atom stereocenters. The highest BCUT2D eigenvalue weighted by atomic mass is 32.1. The first kappa shape index (κ1) is 15.5. The number of aromatic nitrogens is 4. The van der Waals surface area contributed by atoms with Crippen LogP contribution in [0.2, 0.25) is 0 Å². The van der Waals surface area contributed by atoms with Crippen molar-refractivity contribution in [3.8, 4) is 0 Å². The van der Waals surface area contributed by atoms with Gasteiger partial charge in [0, 0.05) is 11.4 Å². The summed E-state index contributed by atoms with van der Waals surface area (Å²) in [5.74, 6) is 0.193. The Bertz CT molecular complexity index is 929. The van der Waals surface area contributed by atoms with Crippen molar-refractivity contribution in [1.29, 1.82) is 0 Å². The molecule has 4 rings (SSSR count). The summed E-state index contributed by atoms with van der Waals surface area (Å²) in [6.45, 7) is 4.02. The van der Waals surface area contributed by atoms with Gasteiger partial charge in [0.2, 0.25) is 5.82 Å². The standard InChI is InChI=1S/C16H19N5O2S/c1-8-4-3-5-10-11(8)12-14-19-13(15(23)17-6-9(2)22)20-21(14)7-18-16(12)24-10/h7-9,22H,3-6H2,1-2H3,(H,17,23). The van der Waals surface area contributed by atoms with E-state index in [9.17, 15) is 9.90 Å².